The normalized spacial score (nSPS) is 21.8. The number of morpholine rings is 2. The van der Waals surface area contributed by atoms with Gasteiger partial charge in [-0.2, -0.15) is 0 Å². The molecule has 10 heteroatoms. The topological polar surface area (TPSA) is 60.5 Å². The Balaban J connectivity index is 0.00000144. The largest absolute Gasteiger partial charge is 0.735 e. The van der Waals surface area contributed by atoms with Crippen LogP contribution in [0.3, 0.4) is 0 Å². The van der Waals surface area contributed by atoms with Crippen molar-refractivity contribution in [1.29, 1.82) is 0 Å². The lowest BCUT2D eigenvalue weighted by molar-refractivity contribution is -0.159. The molecule has 0 aromatic carbocycles. The highest BCUT2D eigenvalue weighted by molar-refractivity contribution is 7.33. The lowest BCUT2D eigenvalue weighted by atomic mass is 10.5. The smallest absolute Gasteiger partial charge is 0.379 e. The van der Waals surface area contributed by atoms with Crippen molar-refractivity contribution in [2.75, 3.05) is 52.6 Å². The number of hydroxylamine groups is 4. The molecule has 0 radical (unpaired) electrons. The number of nitrogens with zero attached hydrogens (tertiary/aromatic N) is 2. The third-order valence-electron chi connectivity index (χ3n) is 2.30. The summed E-state index contributed by atoms with van der Waals surface area (Å²) in [6.45, 7) is 4.87. The Hall–Kier alpha value is 0.440. The first-order valence-corrected chi connectivity index (χ1v) is 6.43. The maximum Gasteiger partial charge on any atom is 0.735 e. The fourth-order valence-corrected chi connectivity index (χ4v) is 2.19. The molecule has 108 valence electrons. The van der Waals surface area contributed by atoms with E-state index in [1.807, 2.05) is 0 Å². The molecule has 2 rings (SSSR count). The van der Waals surface area contributed by atoms with Crippen LogP contribution in [-0.4, -0.2) is 62.7 Å². The van der Waals surface area contributed by atoms with Crippen molar-refractivity contribution in [2.24, 2.45) is 0 Å². The maximum absolute atomic E-state index is 11.5. The first-order valence-electron chi connectivity index (χ1n) is 5.33. The summed E-state index contributed by atoms with van der Waals surface area (Å²) in [5, 5.41) is 3.23. The molecule has 2 aliphatic rings. The molecule has 0 saturated carbocycles. The highest BCUT2D eigenvalue weighted by Crippen LogP contribution is 2.27. The van der Waals surface area contributed by atoms with Gasteiger partial charge >= 0.3 is 8.25 Å². The Morgan fingerprint density at radius 3 is 1.44 bits per heavy atom. The van der Waals surface area contributed by atoms with Gasteiger partial charge in [-0.05, 0) is 9.25 Å². The van der Waals surface area contributed by atoms with E-state index >= 15 is 0 Å². The van der Waals surface area contributed by atoms with Crippen LogP contribution in [0.1, 0.15) is 0 Å². The van der Waals surface area contributed by atoms with E-state index in [2.05, 4.69) is 0 Å². The van der Waals surface area contributed by atoms with Crippen LogP contribution < -0.4 is 0 Å². The number of halogens is 2. The van der Waals surface area contributed by atoms with E-state index in [9.17, 15) is 4.57 Å². The number of ether oxygens (including phenoxy) is 2. The summed E-state index contributed by atoms with van der Waals surface area (Å²) < 4.78 is 32.1. The van der Waals surface area contributed by atoms with E-state index in [0.29, 0.717) is 52.6 Å². The van der Waals surface area contributed by atoms with Crippen molar-refractivity contribution in [1.82, 2.24) is 10.1 Å². The van der Waals surface area contributed by atoms with Gasteiger partial charge in [0.15, 0.2) is 0 Å². The second kappa shape index (κ2) is 10.3. The summed E-state index contributed by atoms with van der Waals surface area (Å²) in [5.74, 6) is 0. The zero-order chi connectivity index (χ0) is 11.2. The van der Waals surface area contributed by atoms with Gasteiger partial charge in [0.25, 0.3) is 0 Å². The zero-order valence-electron chi connectivity index (χ0n) is 9.86. The molecule has 2 fully saturated rings. The van der Waals surface area contributed by atoms with Gasteiger partial charge in [0, 0.05) is 4.57 Å². The maximum atomic E-state index is 11.5. The molecular formula is C8H18Cl2N2O5P+. The summed E-state index contributed by atoms with van der Waals surface area (Å²) in [7, 11) is -2.14. The van der Waals surface area contributed by atoms with Gasteiger partial charge < -0.3 is 9.47 Å². The average Bonchev–Trinajstić information content (AvgIpc) is 2.31. The Bertz CT molecular complexity index is 218. The third-order valence-corrected chi connectivity index (χ3v) is 3.03. The fraction of sp³-hybridized carbons (Fsp3) is 1.00. The van der Waals surface area contributed by atoms with Crippen molar-refractivity contribution >= 4 is 33.1 Å². The molecule has 0 unspecified atom stereocenters. The predicted octanol–water partition coefficient (Wildman–Crippen LogP) is 1.01. The molecule has 0 aliphatic carbocycles. The lowest BCUT2D eigenvalue weighted by Gasteiger charge is -2.21. The van der Waals surface area contributed by atoms with E-state index in [0.717, 1.165) is 0 Å². The van der Waals surface area contributed by atoms with Crippen LogP contribution in [0.25, 0.3) is 0 Å². The summed E-state index contributed by atoms with van der Waals surface area (Å²) >= 11 is 0. The van der Waals surface area contributed by atoms with E-state index in [4.69, 9.17) is 18.7 Å². The number of hydrogen-bond donors (Lipinski definition) is 0. The van der Waals surface area contributed by atoms with Crippen LogP contribution in [0.5, 0.6) is 0 Å². The van der Waals surface area contributed by atoms with Gasteiger partial charge in [-0.3, -0.25) is 0 Å². The summed E-state index contributed by atoms with van der Waals surface area (Å²) in [6.07, 6.45) is 0. The predicted molar refractivity (Wildman–Crippen MR) is 69.1 cm³/mol. The van der Waals surface area contributed by atoms with Gasteiger partial charge in [0.1, 0.15) is 0 Å². The minimum atomic E-state index is -2.14. The van der Waals surface area contributed by atoms with Crippen LogP contribution in [0.15, 0.2) is 0 Å². The van der Waals surface area contributed by atoms with Gasteiger partial charge in [0.05, 0.1) is 52.6 Å². The molecule has 2 saturated heterocycles. The zero-order valence-corrected chi connectivity index (χ0v) is 12.4. The van der Waals surface area contributed by atoms with Gasteiger partial charge in [-0.15, -0.1) is 34.9 Å². The van der Waals surface area contributed by atoms with Crippen molar-refractivity contribution < 1.29 is 23.3 Å². The van der Waals surface area contributed by atoms with E-state index in [1.54, 1.807) is 10.1 Å². The monoisotopic (exact) mass is 323 g/mol. The number of hydrogen-bond acceptors (Lipinski definition) is 7. The Morgan fingerprint density at radius 1 is 0.778 bits per heavy atom. The second-order valence-corrected chi connectivity index (χ2v) is 4.24. The fourth-order valence-electron chi connectivity index (χ4n) is 1.46. The summed E-state index contributed by atoms with van der Waals surface area (Å²) in [6, 6.07) is 0. The molecule has 0 spiro atoms. The van der Waals surface area contributed by atoms with Crippen LogP contribution in [0.4, 0.5) is 0 Å². The number of rotatable bonds is 4. The van der Waals surface area contributed by atoms with E-state index in [-0.39, 0.29) is 24.8 Å². The molecule has 0 bridgehead atoms. The molecule has 18 heavy (non-hydrogen) atoms. The molecule has 0 amide bonds. The van der Waals surface area contributed by atoms with Crippen molar-refractivity contribution in [3.63, 3.8) is 0 Å². The first-order chi connectivity index (χ1) is 7.84. The minimum Gasteiger partial charge on any atom is -0.379 e. The van der Waals surface area contributed by atoms with Crippen molar-refractivity contribution in [3.8, 4) is 0 Å². The van der Waals surface area contributed by atoms with Crippen molar-refractivity contribution in [2.45, 2.75) is 0 Å². The summed E-state index contributed by atoms with van der Waals surface area (Å²) in [5.41, 5.74) is 0. The lowest BCUT2D eigenvalue weighted by Crippen LogP contribution is -2.37. The second-order valence-electron chi connectivity index (χ2n) is 3.47. The Morgan fingerprint density at radius 2 is 1.11 bits per heavy atom. The summed E-state index contributed by atoms with van der Waals surface area (Å²) in [4.78, 5) is 0. The quantitative estimate of drug-likeness (QED) is 0.716. The van der Waals surface area contributed by atoms with Crippen LogP contribution >= 0.6 is 33.1 Å². The molecule has 7 nitrogen and oxygen atoms in total. The average molecular weight is 324 g/mol. The van der Waals surface area contributed by atoms with Gasteiger partial charge in [-0.25, -0.2) is 0 Å². The highest BCUT2D eigenvalue weighted by Gasteiger charge is 2.32. The Kier molecular flexibility index (Phi) is 10.5. The van der Waals surface area contributed by atoms with Crippen molar-refractivity contribution in [3.05, 3.63) is 0 Å². The molecule has 0 N–H and O–H groups in total. The van der Waals surface area contributed by atoms with Gasteiger partial charge in [-0.1, -0.05) is 0 Å². The highest BCUT2D eigenvalue weighted by atomic mass is 35.5. The van der Waals surface area contributed by atoms with Crippen LogP contribution in [0, 0.1) is 0 Å². The minimum absolute atomic E-state index is 0. The van der Waals surface area contributed by atoms with Crippen LogP contribution in [-0.2, 0) is 23.3 Å². The molecule has 0 atom stereocenters. The molecule has 2 aliphatic heterocycles. The van der Waals surface area contributed by atoms with E-state index < -0.39 is 8.25 Å². The Labute approximate surface area is 119 Å². The molecular weight excluding hydrogens is 306 g/mol. The standard InChI is InChI=1S/C8H16N2O5P.2ClH/c11-16(14-9-1-5-12-6-2-9)15-10-3-7-13-8-4-10;;/h1-8H2;2*1H/q+1;;. The third kappa shape index (κ3) is 6.56. The van der Waals surface area contributed by atoms with Gasteiger partial charge in [0.2, 0.25) is 0 Å². The SMILES string of the molecule is Cl.Cl.O=[P+](ON1CCOCC1)ON1CCOCC1. The molecule has 0 aromatic rings. The molecule has 2 heterocycles. The van der Waals surface area contributed by atoms with Crippen LogP contribution in [0.2, 0.25) is 0 Å². The van der Waals surface area contributed by atoms with E-state index in [1.165, 1.54) is 0 Å². The first kappa shape index (κ1) is 18.4. The molecule has 0 aromatic heterocycles.